The van der Waals surface area contributed by atoms with E-state index in [0.29, 0.717) is 16.3 Å². The van der Waals surface area contributed by atoms with E-state index in [0.717, 1.165) is 10.5 Å². The summed E-state index contributed by atoms with van der Waals surface area (Å²) in [6, 6.07) is 6.65. The lowest BCUT2D eigenvalue weighted by Crippen LogP contribution is -2.36. The van der Waals surface area contributed by atoms with Crippen LogP contribution < -0.4 is 15.4 Å². The van der Waals surface area contributed by atoms with Crippen molar-refractivity contribution in [2.45, 2.75) is 0 Å². The molecule has 0 spiro atoms. The summed E-state index contributed by atoms with van der Waals surface area (Å²) in [4.78, 5) is 23.4. The zero-order valence-corrected chi connectivity index (χ0v) is 16.1. The van der Waals surface area contributed by atoms with Crippen molar-refractivity contribution in [3.63, 3.8) is 0 Å². The molecule has 0 saturated heterocycles. The van der Waals surface area contributed by atoms with Gasteiger partial charge in [-0.2, -0.15) is 0 Å². The van der Waals surface area contributed by atoms with E-state index in [2.05, 4.69) is 37.2 Å². The zero-order chi connectivity index (χ0) is 19.3. The number of rotatable bonds is 6. The first-order chi connectivity index (χ1) is 12.3. The molecule has 0 aliphatic rings. The second kappa shape index (κ2) is 9.04. The van der Waals surface area contributed by atoms with Crippen LogP contribution in [0.15, 0.2) is 39.3 Å². The first-order valence-corrected chi connectivity index (χ1v) is 8.64. The van der Waals surface area contributed by atoms with E-state index in [1.165, 1.54) is 0 Å². The standard InChI is InChI=1S/C16H11Br2F3N2O3/c17-8-1-4-12(9(18)5-8)26-7-14(25)22-6-13(24)23-11-3-2-10(19)15(20)16(11)21/h1-5H,6-7H2,(H,22,25)(H,23,24). The summed E-state index contributed by atoms with van der Waals surface area (Å²) < 4.78 is 46.1. The van der Waals surface area contributed by atoms with E-state index in [1.807, 2.05) is 5.32 Å². The second-order valence-electron chi connectivity index (χ2n) is 4.91. The van der Waals surface area contributed by atoms with Crippen LogP contribution in [-0.4, -0.2) is 25.0 Å². The Balaban J connectivity index is 1.82. The SMILES string of the molecule is O=C(COc1ccc(Br)cc1Br)NCC(=O)Nc1ccc(F)c(F)c1F. The number of amides is 2. The maximum atomic E-state index is 13.5. The van der Waals surface area contributed by atoms with Crippen LogP contribution in [-0.2, 0) is 9.59 Å². The molecule has 2 aromatic carbocycles. The quantitative estimate of drug-likeness (QED) is 0.599. The van der Waals surface area contributed by atoms with E-state index in [9.17, 15) is 22.8 Å². The van der Waals surface area contributed by atoms with Crippen LogP contribution in [0.2, 0.25) is 0 Å². The average molecular weight is 496 g/mol. The third-order valence-electron chi connectivity index (χ3n) is 3.01. The van der Waals surface area contributed by atoms with Gasteiger partial charge in [0.2, 0.25) is 5.91 Å². The van der Waals surface area contributed by atoms with Crippen LogP contribution in [0.1, 0.15) is 0 Å². The fourth-order valence-electron chi connectivity index (χ4n) is 1.78. The minimum atomic E-state index is -1.69. The van der Waals surface area contributed by atoms with Crippen LogP contribution >= 0.6 is 31.9 Å². The number of carbonyl (C=O) groups excluding carboxylic acids is 2. The molecule has 0 radical (unpaired) electrons. The van der Waals surface area contributed by atoms with Crippen molar-refractivity contribution in [3.8, 4) is 5.75 Å². The Bertz CT molecular complexity index is 850. The minimum absolute atomic E-state index is 0.354. The highest BCUT2D eigenvalue weighted by Crippen LogP contribution is 2.28. The summed E-state index contributed by atoms with van der Waals surface area (Å²) in [6.07, 6.45) is 0. The Labute approximate surface area is 163 Å². The van der Waals surface area contributed by atoms with Gasteiger partial charge < -0.3 is 15.4 Å². The molecule has 0 aromatic heterocycles. The molecular weight excluding hydrogens is 485 g/mol. The molecule has 138 valence electrons. The van der Waals surface area contributed by atoms with Gasteiger partial charge in [-0.05, 0) is 46.3 Å². The normalized spacial score (nSPS) is 10.3. The highest BCUT2D eigenvalue weighted by molar-refractivity contribution is 9.11. The fourth-order valence-corrected chi connectivity index (χ4v) is 2.94. The van der Waals surface area contributed by atoms with Crippen molar-refractivity contribution >= 4 is 49.4 Å². The van der Waals surface area contributed by atoms with Gasteiger partial charge in [-0.15, -0.1) is 0 Å². The molecule has 2 rings (SSSR count). The van der Waals surface area contributed by atoms with Gasteiger partial charge in [0.25, 0.3) is 5.91 Å². The number of halogens is 5. The second-order valence-corrected chi connectivity index (χ2v) is 6.68. The van der Waals surface area contributed by atoms with Crippen LogP contribution in [0.4, 0.5) is 18.9 Å². The van der Waals surface area contributed by atoms with Gasteiger partial charge in [0.1, 0.15) is 5.75 Å². The van der Waals surface area contributed by atoms with Gasteiger partial charge in [-0.1, -0.05) is 15.9 Å². The van der Waals surface area contributed by atoms with Crippen molar-refractivity contribution in [2.24, 2.45) is 0 Å². The van der Waals surface area contributed by atoms with Crippen LogP contribution in [0.3, 0.4) is 0 Å². The number of nitrogens with one attached hydrogen (secondary N) is 2. The molecule has 0 heterocycles. The first kappa shape index (κ1) is 20.2. The molecule has 2 amide bonds. The number of anilines is 1. The molecule has 0 fully saturated rings. The lowest BCUT2D eigenvalue weighted by Gasteiger charge is -2.10. The highest BCUT2D eigenvalue weighted by Gasteiger charge is 2.15. The predicted octanol–water partition coefficient (Wildman–Crippen LogP) is 3.76. The minimum Gasteiger partial charge on any atom is -0.483 e. The number of benzene rings is 2. The molecule has 10 heteroatoms. The Morgan fingerprint density at radius 1 is 1.00 bits per heavy atom. The lowest BCUT2D eigenvalue weighted by atomic mass is 10.2. The molecule has 0 saturated carbocycles. The summed E-state index contributed by atoms with van der Waals surface area (Å²) in [6.45, 7) is -0.852. The Kier molecular flexibility index (Phi) is 7.04. The van der Waals surface area contributed by atoms with Crippen molar-refractivity contribution in [1.29, 1.82) is 0 Å². The average Bonchev–Trinajstić information content (AvgIpc) is 2.59. The fraction of sp³-hybridized carbons (Fsp3) is 0.125. The van der Waals surface area contributed by atoms with Gasteiger partial charge in [0, 0.05) is 4.47 Å². The molecule has 0 aliphatic heterocycles. The van der Waals surface area contributed by atoms with E-state index >= 15 is 0 Å². The van der Waals surface area contributed by atoms with Crippen molar-refractivity contribution in [2.75, 3.05) is 18.5 Å². The van der Waals surface area contributed by atoms with Gasteiger partial charge >= 0.3 is 0 Å². The van der Waals surface area contributed by atoms with Crippen LogP contribution in [0, 0.1) is 17.5 Å². The molecule has 2 N–H and O–H groups in total. The predicted molar refractivity (Wildman–Crippen MR) is 95.3 cm³/mol. The van der Waals surface area contributed by atoms with Crippen molar-refractivity contribution in [3.05, 3.63) is 56.7 Å². The van der Waals surface area contributed by atoms with E-state index < -0.39 is 41.5 Å². The molecule has 0 bridgehead atoms. The summed E-state index contributed by atoms with van der Waals surface area (Å²) in [7, 11) is 0. The summed E-state index contributed by atoms with van der Waals surface area (Å²) in [5.74, 6) is -5.57. The smallest absolute Gasteiger partial charge is 0.258 e. The lowest BCUT2D eigenvalue weighted by molar-refractivity contribution is -0.125. The highest BCUT2D eigenvalue weighted by atomic mass is 79.9. The maximum absolute atomic E-state index is 13.5. The third-order valence-corrected chi connectivity index (χ3v) is 4.12. The van der Waals surface area contributed by atoms with Gasteiger partial charge in [0.15, 0.2) is 24.1 Å². The van der Waals surface area contributed by atoms with E-state index in [4.69, 9.17) is 4.74 Å². The summed E-state index contributed by atoms with van der Waals surface area (Å²) in [5.41, 5.74) is -0.529. The first-order valence-electron chi connectivity index (χ1n) is 7.06. The molecule has 26 heavy (non-hydrogen) atoms. The van der Waals surface area contributed by atoms with Crippen molar-refractivity contribution < 1.29 is 27.5 Å². The van der Waals surface area contributed by atoms with Gasteiger partial charge in [0.05, 0.1) is 16.7 Å². The summed E-state index contributed by atoms with van der Waals surface area (Å²) >= 11 is 6.55. The number of ether oxygens (including phenoxy) is 1. The van der Waals surface area contributed by atoms with Crippen molar-refractivity contribution in [1.82, 2.24) is 5.32 Å². The molecule has 0 unspecified atom stereocenters. The number of carbonyl (C=O) groups is 2. The third kappa shape index (κ3) is 5.46. The number of hydrogen-bond acceptors (Lipinski definition) is 3. The van der Waals surface area contributed by atoms with Gasteiger partial charge in [-0.25, -0.2) is 13.2 Å². The maximum Gasteiger partial charge on any atom is 0.258 e. The Morgan fingerprint density at radius 2 is 1.73 bits per heavy atom. The number of hydrogen-bond donors (Lipinski definition) is 2. The molecule has 0 atom stereocenters. The summed E-state index contributed by atoms with van der Waals surface area (Å²) in [5, 5.41) is 4.29. The van der Waals surface area contributed by atoms with E-state index in [1.54, 1.807) is 18.2 Å². The topological polar surface area (TPSA) is 67.4 Å². The molecule has 0 aliphatic carbocycles. The van der Waals surface area contributed by atoms with Gasteiger partial charge in [-0.3, -0.25) is 9.59 Å². The molecule has 2 aromatic rings. The molecular formula is C16H11Br2F3N2O3. The van der Waals surface area contributed by atoms with Crippen LogP contribution in [0.5, 0.6) is 5.75 Å². The Morgan fingerprint density at radius 3 is 2.42 bits per heavy atom. The zero-order valence-electron chi connectivity index (χ0n) is 12.9. The largest absolute Gasteiger partial charge is 0.483 e. The van der Waals surface area contributed by atoms with Crippen LogP contribution in [0.25, 0.3) is 0 Å². The van der Waals surface area contributed by atoms with E-state index in [-0.39, 0.29) is 6.61 Å². The molecule has 5 nitrogen and oxygen atoms in total. The monoisotopic (exact) mass is 494 g/mol. The Hall–Kier alpha value is -2.07.